The molecule has 0 unspecified atom stereocenters. The highest BCUT2D eigenvalue weighted by Gasteiger charge is 2.21. The molecule has 5 heteroatoms. The van der Waals surface area contributed by atoms with Gasteiger partial charge >= 0.3 is 0 Å². The van der Waals surface area contributed by atoms with Crippen molar-refractivity contribution in [3.63, 3.8) is 0 Å². The van der Waals surface area contributed by atoms with Crippen molar-refractivity contribution in [3.05, 3.63) is 90.0 Å². The van der Waals surface area contributed by atoms with Crippen molar-refractivity contribution in [1.29, 1.82) is 0 Å². The van der Waals surface area contributed by atoms with E-state index in [1.54, 1.807) is 12.0 Å². The van der Waals surface area contributed by atoms with Gasteiger partial charge in [0, 0.05) is 5.56 Å². The van der Waals surface area contributed by atoms with Crippen molar-refractivity contribution >= 4 is 32.6 Å². The number of benzene rings is 3. The van der Waals surface area contributed by atoms with Crippen molar-refractivity contribution in [2.75, 3.05) is 12.0 Å². The van der Waals surface area contributed by atoms with Crippen LogP contribution in [0.4, 0.5) is 5.13 Å². The SMILES string of the molecule is COc1ccc2nc(N(Cc3ccccc3)C(=O)c3ccccc3)sc2c1. The molecule has 0 N–H and O–H groups in total. The van der Waals surface area contributed by atoms with Crippen molar-refractivity contribution in [2.45, 2.75) is 6.54 Å². The third-order valence-electron chi connectivity index (χ3n) is 4.26. The average molecular weight is 374 g/mol. The fraction of sp³-hybridized carbons (Fsp3) is 0.0909. The molecule has 1 aromatic heterocycles. The van der Waals surface area contributed by atoms with Crippen LogP contribution in [0, 0.1) is 0 Å². The van der Waals surface area contributed by atoms with Gasteiger partial charge in [-0.1, -0.05) is 59.9 Å². The number of carbonyl (C=O) groups is 1. The predicted molar refractivity (Wildman–Crippen MR) is 110 cm³/mol. The molecule has 134 valence electrons. The van der Waals surface area contributed by atoms with Crippen molar-refractivity contribution < 1.29 is 9.53 Å². The number of methoxy groups -OCH3 is 1. The van der Waals surface area contributed by atoms with E-state index in [1.807, 2.05) is 78.9 Å². The molecule has 4 rings (SSSR count). The monoisotopic (exact) mass is 374 g/mol. The van der Waals surface area contributed by atoms with Crippen LogP contribution >= 0.6 is 11.3 Å². The molecule has 0 bridgehead atoms. The second-order valence-electron chi connectivity index (χ2n) is 6.07. The Bertz CT molecular complexity index is 1060. The molecule has 0 aliphatic rings. The van der Waals surface area contributed by atoms with Crippen LogP contribution in [0.1, 0.15) is 15.9 Å². The van der Waals surface area contributed by atoms with E-state index < -0.39 is 0 Å². The van der Waals surface area contributed by atoms with Gasteiger partial charge in [0.1, 0.15) is 5.75 Å². The van der Waals surface area contributed by atoms with Crippen molar-refractivity contribution in [1.82, 2.24) is 4.98 Å². The van der Waals surface area contributed by atoms with Gasteiger partial charge in [-0.2, -0.15) is 0 Å². The Labute approximate surface area is 161 Å². The van der Waals surface area contributed by atoms with Crippen LogP contribution in [0.2, 0.25) is 0 Å². The van der Waals surface area contributed by atoms with Gasteiger partial charge in [0.2, 0.25) is 0 Å². The minimum absolute atomic E-state index is 0.0644. The van der Waals surface area contributed by atoms with Crippen molar-refractivity contribution in [3.8, 4) is 5.75 Å². The van der Waals surface area contributed by atoms with Crippen LogP contribution in [-0.2, 0) is 6.54 Å². The number of rotatable bonds is 5. The average Bonchev–Trinajstić information content (AvgIpc) is 3.15. The van der Waals surface area contributed by atoms with Gasteiger partial charge in [-0.05, 0) is 35.9 Å². The number of thiazole rings is 1. The number of hydrogen-bond acceptors (Lipinski definition) is 4. The Kier molecular flexibility index (Phi) is 4.85. The van der Waals surface area contributed by atoms with Crippen LogP contribution < -0.4 is 9.64 Å². The largest absolute Gasteiger partial charge is 0.497 e. The Hall–Kier alpha value is -3.18. The molecule has 0 atom stereocenters. The van der Waals surface area contributed by atoms with Gasteiger partial charge in [0.05, 0.1) is 23.9 Å². The molecular weight excluding hydrogens is 356 g/mol. The third-order valence-corrected chi connectivity index (χ3v) is 5.31. The molecule has 0 saturated carbocycles. The molecule has 0 aliphatic carbocycles. The van der Waals surface area contributed by atoms with Crippen molar-refractivity contribution in [2.24, 2.45) is 0 Å². The molecule has 0 fully saturated rings. The van der Waals surface area contributed by atoms with Crippen LogP contribution in [0.5, 0.6) is 5.75 Å². The minimum Gasteiger partial charge on any atom is -0.497 e. The molecule has 27 heavy (non-hydrogen) atoms. The lowest BCUT2D eigenvalue weighted by Crippen LogP contribution is -2.30. The zero-order chi connectivity index (χ0) is 18.6. The highest BCUT2D eigenvalue weighted by Crippen LogP contribution is 2.33. The Balaban J connectivity index is 1.76. The number of ether oxygens (including phenoxy) is 1. The van der Waals surface area contributed by atoms with Crippen LogP contribution in [-0.4, -0.2) is 18.0 Å². The van der Waals surface area contributed by atoms with Gasteiger partial charge in [-0.15, -0.1) is 0 Å². The number of hydrogen-bond donors (Lipinski definition) is 0. The molecule has 3 aromatic carbocycles. The molecule has 0 radical (unpaired) electrons. The first-order chi connectivity index (χ1) is 13.2. The standard InChI is InChI=1S/C22H18N2O2S/c1-26-18-12-13-19-20(14-18)27-22(23-19)24(15-16-8-4-2-5-9-16)21(25)17-10-6-3-7-11-17/h2-14H,15H2,1H3. The Morgan fingerprint density at radius 1 is 1.00 bits per heavy atom. The summed E-state index contributed by atoms with van der Waals surface area (Å²) in [5.41, 5.74) is 2.55. The molecule has 1 amide bonds. The first-order valence-electron chi connectivity index (χ1n) is 8.60. The topological polar surface area (TPSA) is 42.4 Å². The van der Waals surface area contributed by atoms with E-state index in [9.17, 15) is 4.79 Å². The predicted octanol–water partition coefficient (Wildman–Crippen LogP) is 5.15. The normalized spacial score (nSPS) is 10.7. The molecule has 4 nitrogen and oxygen atoms in total. The molecular formula is C22H18N2O2S. The lowest BCUT2D eigenvalue weighted by molar-refractivity contribution is 0.0985. The van der Waals surface area contributed by atoms with E-state index in [4.69, 9.17) is 9.72 Å². The van der Waals surface area contributed by atoms with E-state index in [-0.39, 0.29) is 5.91 Å². The summed E-state index contributed by atoms with van der Waals surface area (Å²) in [5.74, 6) is 0.715. The lowest BCUT2D eigenvalue weighted by atomic mass is 10.1. The highest BCUT2D eigenvalue weighted by atomic mass is 32.1. The quantitative estimate of drug-likeness (QED) is 0.485. The summed E-state index contributed by atoms with van der Waals surface area (Å²) >= 11 is 1.49. The zero-order valence-electron chi connectivity index (χ0n) is 14.8. The molecule has 0 spiro atoms. The number of aromatic nitrogens is 1. The van der Waals surface area contributed by atoms with E-state index in [0.717, 1.165) is 21.5 Å². The zero-order valence-corrected chi connectivity index (χ0v) is 15.6. The van der Waals surface area contributed by atoms with Crippen LogP contribution in [0.25, 0.3) is 10.2 Å². The number of fused-ring (bicyclic) bond motifs is 1. The van der Waals surface area contributed by atoms with Gasteiger partial charge in [-0.3, -0.25) is 9.69 Å². The summed E-state index contributed by atoms with van der Waals surface area (Å²) in [6.45, 7) is 0.464. The minimum atomic E-state index is -0.0644. The van der Waals surface area contributed by atoms with E-state index in [2.05, 4.69) is 0 Å². The Morgan fingerprint density at radius 3 is 2.41 bits per heavy atom. The number of amides is 1. The maximum atomic E-state index is 13.2. The highest BCUT2D eigenvalue weighted by molar-refractivity contribution is 7.22. The third kappa shape index (κ3) is 3.68. The van der Waals surface area contributed by atoms with Crippen LogP contribution in [0.3, 0.4) is 0 Å². The second kappa shape index (κ2) is 7.60. The van der Waals surface area contributed by atoms with E-state index in [0.29, 0.717) is 17.2 Å². The number of carbonyl (C=O) groups excluding carboxylic acids is 1. The molecule has 1 heterocycles. The summed E-state index contributed by atoms with van der Waals surface area (Å²) < 4.78 is 6.29. The summed E-state index contributed by atoms with van der Waals surface area (Å²) in [4.78, 5) is 19.7. The van der Waals surface area contributed by atoms with Gasteiger partial charge < -0.3 is 4.74 Å². The first-order valence-corrected chi connectivity index (χ1v) is 9.41. The van der Waals surface area contributed by atoms with E-state index in [1.165, 1.54) is 11.3 Å². The lowest BCUT2D eigenvalue weighted by Gasteiger charge is -2.20. The fourth-order valence-electron chi connectivity index (χ4n) is 2.86. The van der Waals surface area contributed by atoms with Gasteiger partial charge in [0.25, 0.3) is 5.91 Å². The molecule has 0 aliphatic heterocycles. The Morgan fingerprint density at radius 2 is 1.70 bits per heavy atom. The van der Waals surface area contributed by atoms with Crippen LogP contribution in [0.15, 0.2) is 78.9 Å². The molecule has 0 saturated heterocycles. The summed E-state index contributed by atoms with van der Waals surface area (Å²) in [7, 11) is 1.64. The maximum Gasteiger partial charge on any atom is 0.260 e. The van der Waals surface area contributed by atoms with Gasteiger partial charge in [0.15, 0.2) is 5.13 Å². The van der Waals surface area contributed by atoms with Gasteiger partial charge in [-0.25, -0.2) is 4.98 Å². The smallest absolute Gasteiger partial charge is 0.260 e. The summed E-state index contributed by atoms with van der Waals surface area (Å²) in [5, 5.41) is 0.677. The maximum absolute atomic E-state index is 13.2. The first kappa shape index (κ1) is 17.2. The fourth-order valence-corrected chi connectivity index (χ4v) is 3.86. The summed E-state index contributed by atoms with van der Waals surface area (Å²) in [6.07, 6.45) is 0. The number of nitrogens with zero attached hydrogens (tertiary/aromatic N) is 2. The van der Waals surface area contributed by atoms with E-state index >= 15 is 0 Å². The molecule has 4 aromatic rings. The summed E-state index contributed by atoms with van der Waals surface area (Å²) in [6, 6.07) is 25.0. The second-order valence-corrected chi connectivity index (χ2v) is 7.08. The number of anilines is 1.